The maximum Gasteiger partial charge on any atom is 0.326 e. The second-order valence-corrected chi connectivity index (χ2v) is 28.5. The number of hydrogen-bond acceptors (Lipinski definition) is 25. The van der Waals surface area contributed by atoms with Crippen LogP contribution in [-0.2, 0) is 83.1 Å². The number of nitrogens with one attached hydrogen (secondary N) is 13. The van der Waals surface area contributed by atoms with Crippen LogP contribution in [0.15, 0.2) is 22.5 Å². The van der Waals surface area contributed by atoms with E-state index in [0.717, 1.165) is 16.7 Å². The Bertz CT molecular complexity index is 3450. The van der Waals surface area contributed by atoms with Crippen molar-refractivity contribution in [3.63, 3.8) is 0 Å². The highest BCUT2D eigenvalue weighted by atomic mass is 32.2. The molecule has 0 aliphatic carbocycles. The molecule has 3 rings (SSSR count). The topological polar surface area (TPSA) is 729 Å². The molecule has 628 valence electrons. The van der Waals surface area contributed by atoms with Crippen LogP contribution in [0.4, 0.5) is 0 Å². The van der Waals surface area contributed by atoms with E-state index in [-0.39, 0.29) is 108 Å². The van der Waals surface area contributed by atoms with E-state index in [1.54, 1.807) is 34.0 Å². The number of hydrogen-bond donors (Lipinski definition) is 24. The summed E-state index contributed by atoms with van der Waals surface area (Å²) in [5.74, 6) is -18.3. The third kappa shape index (κ3) is 32.0. The molecule has 0 saturated carbocycles. The lowest BCUT2D eigenvalue weighted by Crippen LogP contribution is -2.62. The second-order valence-electron chi connectivity index (χ2n) is 27.5. The van der Waals surface area contributed by atoms with Crippen LogP contribution in [0.2, 0.25) is 0 Å². The third-order valence-corrected chi connectivity index (χ3v) is 18.3. The molecule has 0 unspecified atom stereocenters. The van der Waals surface area contributed by atoms with Gasteiger partial charge in [-0.3, -0.25) is 81.9 Å². The zero-order valence-corrected chi connectivity index (χ0v) is 64.4. The molecule has 46 heteroatoms. The van der Waals surface area contributed by atoms with Crippen LogP contribution < -0.4 is 92.5 Å². The summed E-state index contributed by atoms with van der Waals surface area (Å²) in [6.45, 7) is 5.10. The maximum atomic E-state index is 14.2. The lowest BCUT2D eigenvalue weighted by atomic mass is 10.0. The fraction of sp³-hybridized carbons (Fsp3) is 0.682. The summed E-state index contributed by atoms with van der Waals surface area (Å²) in [7, 11) is 0. The molecule has 1 aromatic rings. The van der Waals surface area contributed by atoms with Crippen molar-refractivity contribution in [2.75, 3.05) is 64.6 Å². The molecule has 2 fully saturated rings. The van der Waals surface area contributed by atoms with Gasteiger partial charge < -0.3 is 138 Å². The lowest BCUT2D eigenvalue weighted by molar-refractivity contribution is -0.143. The van der Waals surface area contributed by atoms with Gasteiger partial charge in [0.2, 0.25) is 82.7 Å². The van der Waals surface area contributed by atoms with Gasteiger partial charge in [-0.05, 0) is 102 Å². The average Bonchev–Trinajstić information content (AvgIpc) is 1.59. The van der Waals surface area contributed by atoms with Crippen molar-refractivity contribution in [3.8, 4) is 0 Å². The highest BCUT2D eigenvalue weighted by molar-refractivity contribution is 7.98. The number of aromatic nitrogens is 2. The highest BCUT2D eigenvalue weighted by Gasteiger charge is 2.43. The molecule has 45 nitrogen and oxygen atoms in total. The Balaban J connectivity index is 1.76. The number of guanidine groups is 2. The third-order valence-electron chi connectivity index (χ3n) is 17.6. The number of imidazole rings is 1. The molecule has 0 radical (unpaired) electrons. The number of aliphatic imine (C=N–C) groups is 2. The molecule has 15 atom stereocenters. The van der Waals surface area contributed by atoms with Crippen LogP contribution in [0.25, 0.3) is 0 Å². The SMILES string of the molecule is CSCC[C@H](NC(=O)[C@H](CO)NC(=O)[C@H](CC(C)C)NC(=O)[C@H](CO)NC(=O)[C@H](CCCN=C(N)N)NC(=O)[C@@H](NC(=O)[C@@H]1CCCN1C(=O)[C@@H](N)CO)[C@@H](C)O)C(=O)N[C@@H](CC(=O)O)C(=O)N[C@@H](C)C(=O)N1CCC[C@H]1C(=O)N[C@@H](CCCN=C(N)N)C(=O)NCC(=O)N[C@H](C(=O)N[C@@H](Cc1cnc[nH]1)C(=O)O)C(C)C. The molecular weight excluding hydrogens is 1500 g/mol. The van der Waals surface area contributed by atoms with Gasteiger partial charge in [0.25, 0.3) is 0 Å². The number of aromatic amines is 1. The molecular formula is C66H111N23O22S. The molecule has 2 saturated heterocycles. The Morgan fingerprint density at radius 2 is 1.01 bits per heavy atom. The summed E-state index contributed by atoms with van der Waals surface area (Å²) in [6, 6.07) is -21.6. The predicted molar refractivity (Wildman–Crippen MR) is 400 cm³/mol. The van der Waals surface area contributed by atoms with Crippen LogP contribution in [0.3, 0.4) is 0 Å². The molecule has 29 N–H and O–H groups in total. The summed E-state index contributed by atoms with van der Waals surface area (Å²) in [6.07, 6.45) is 1.63. The van der Waals surface area contributed by atoms with Gasteiger partial charge in [-0.15, -0.1) is 0 Å². The molecule has 3 heterocycles. The Morgan fingerprint density at radius 1 is 0.554 bits per heavy atom. The first-order valence-electron chi connectivity index (χ1n) is 36.3. The second kappa shape index (κ2) is 48.3. The number of aliphatic carboxylic acids is 2. The van der Waals surface area contributed by atoms with Gasteiger partial charge in [0, 0.05) is 44.5 Å². The summed E-state index contributed by atoms with van der Waals surface area (Å²) in [5, 5.41) is 89.5. The van der Waals surface area contributed by atoms with Crippen molar-refractivity contribution in [1.29, 1.82) is 0 Å². The smallest absolute Gasteiger partial charge is 0.326 e. The number of nitrogens with zero attached hydrogens (tertiary/aromatic N) is 5. The number of carboxylic acids is 2. The number of H-pyrrole nitrogens is 1. The number of amides is 14. The van der Waals surface area contributed by atoms with E-state index in [1.165, 1.54) is 31.2 Å². The molecule has 112 heavy (non-hydrogen) atoms. The predicted octanol–water partition coefficient (Wildman–Crippen LogP) is -10.8. The number of nitrogens with two attached hydrogens (primary N) is 5. The van der Waals surface area contributed by atoms with Crippen molar-refractivity contribution >= 4 is 118 Å². The number of carboxylic acid groups (broad SMARTS) is 2. The first-order chi connectivity index (χ1) is 52.8. The Labute approximate surface area is 649 Å². The number of carbonyl (C=O) groups is 16. The van der Waals surface area contributed by atoms with E-state index >= 15 is 0 Å². The molecule has 2 aliphatic heterocycles. The van der Waals surface area contributed by atoms with E-state index < -0.39 is 230 Å². The summed E-state index contributed by atoms with van der Waals surface area (Å²) >= 11 is 1.20. The average molecular weight is 1610 g/mol. The van der Waals surface area contributed by atoms with E-state index in [1.807, 2.05) is 0 Å². The largest absolute Gasteiger partial charge is 0.481 e. The Hall–Kier alpha value is -10.6. The molecule has 1 aromatic heterocycles. The highest BCUT2D eigenvalue weighted by Crippen LogP contribution is 2.22. The van der Waals surface area contributed by atoms with Crippen molar-refractivity contribution < 1.29 is 107 Å². The molecule has 14 amide bonds. The quantitative estimate of drug-likeness (QED) is 0.0164. The van der Waals surface area contributed by atoms with Gasteiger partial charge in [0.1, 0.15) is 84.6 Å². The first-order valence-corrected chi connectivity index (χ1v) is 37.7. The minimum Gasteiger partial charge on any atom is -0.481 e. The van der Waals surface area contributed by atoms with Gasteiger partial charge in [0.15, 0.2) is 11.9 Å². The summed E-state index contributed by atoms with van der Waals surface area (Å²) in [4.78, 5) is 234. The van der Waals surface area contributed by atoms with E-state index in [4.69, 9.17) is 28.7 Å². The number of rotatable bonds is 49. The molecule has 2 aliphatic rings. The fourth-order valence-corrected chi connectivity index (χ4v) is 12.2. The molecule has 0 spiro atoms. The number of aliphatic hydroxyl groups is 4. The lowest BCUT2D eigenvalue weighted by Gasteiger charge is -2.30. The number of carbonyl (C=O) groups excluding carboxylic acids is 14. The number of likely N-dealkylation sites (tertiary alicyclic amines) is 2. The molecule has 0 bridgehead atoms. The Morgan fingerprint density at radius 3 is 1.48 bits per heavy atom. The van der Waals surface area contributed by atoms with Crippen molar-refractivity contribution in [2.45, 2.75) is 209 Å². The van der Waals surface area contributed by atoms with Gasteiger partial charge in [-0.25, -0.2) is 9.78 Å². The van der Waals surface area contributed by atoms with Crippen LogP contribution in [0.1, 0.15) is 118 Å². The van der Waals surface area contributed by atoms with E-state index in [2.05, 4.69) is 83.8 Å². The molecule has 0 aromatic carbocycles. The summed E-state index contributed by atoms with van der Waals surface area (Å²) < 4.78 is 0. The van der Waals surface area contributed by atoms with Gasteiger partial charge in [0.05, 0.1) is 45.2 Å². The van der Waals surface area contributed by atoms with Gasteiger partial charge >= 0.3 is 11.9 Å². The minimum absolute atomic E-state index is 0.00164. The van der Waals surface area contributed by atoms with Crippen LogP contribution in [-0.4, -0.2) is 312 Å². The number of aliphatic hydroxyl groups excluding tert-OH is 4. The van der Waals surface area contributed by atoms with Crippen LogP contribution in [0, 0.1) is 11.8 Å². The van der Waals surface area contributed by atoms with E-state index in [9.17, 15) is 107 Å². The maximum absolute atomic E-state index is 14.2. The van der Waals surface area contributed by atoms with Crippen LogP contribution in [0.5, 0.6) is 0 Å². The minimum atomic E-state index is -1.95. The normalized spacial score (nSPS) is 17.4. The number of thioether (sulfide) groups is 1. The van der Waals surface area contributed by atoms with Gasteiger partial charge in [-0.2, -0.15) is 11.8 Å². The zero-order chi connectivity index (χ0) is 84.2. The van der Waals surface area contributed by atoms with Gasteiger partial charge in [-0.1, -0.05) is 27.7 Å². The standard InChI is InChI=1S/C66H111N23O22S/c1-31(2)22-40(81-57(103)44(29-92)84-52(98)38(13-9-18-74-66(70)71)80-61(107)50(34(6)93)87-59(105)46-15-11-20-89(46)63(109)36(67)27-90)55(101)85-43(28-91)56(102)78-39(16-21-112-7)53(99)82-41(24-48(95)96)54(100)77-33(5)62(108)88-19-10-14-45(88)58(104)79-37(12-8-17-73-65(68)69)51(97)75-26-47(94)86-49(32(3)4)60(106)83-42(64(110)111)23-35-25-72-30-76-35/h25,30-34,36-46,49-50,90-93H,8-24,26-29,67H2,1-7H3,(H,72,76)(H,75,97)(H,77,100)(H,78,102)(H,79,104)(H,80,107)(H,81,103)(H,82,99)(H,83,106)(H,84,98)(H,85,101)(H,86,94)(H,87,105)(H,95,96)(H,110,111)(H4,68,69,73)(H4,70,71,74)/t33-,34+,36-,37-,38-,39-,40-,41-,42-,43-,44-,45-,46-,49-,50-/m0/s1. The zero-order valence-electron chi connectivity index (χ0n) is 63.6. The monoisotopic (exact) mass is 1610 g/mol. The first kappa shape index (κ1) is 95.6. The van der Waals surface area contributed by atoms with Crippen LogP contribution >= 0.6 is 11.8 Å². The Kier molecular flexibility index (Phi) is 41.2. The van der Waals surface area contributed by atoms with Crippen molar-refractivity contribution in [1.82, 2.24) is 83.6 Å². The van der Waals surface area contributed by atoms with E-state index in [0.29, 0.717) is 12.1 Å². The van der Waals surface area contributed by atoms with Crippen molar-refractivity contribution in [3.05, 3.63) is 18.2 Å². The van der Waals surface area contributed by atoms with Crippen molar-refractivity contribution in [2.24, 2.45) is 50.5 Å². The fourth-order valence-electron chi connectivity index (χ4n) is 11.7. The summed E-state index contributed by atoms with van der Waals surface area (Å²) in [5.41, 5.74) is 28.0.